The minimum absolute atomic E-state index is 0.0521. The Morgan fingerprint density at radius 2 is 1.51 bits per heavy atom. The summed E-state index contributed by atoms with van der Waals surface area (Å²) >= 11 is 0. The number of ether oxygens (including phenoxy) is 1. The van der Waals surface area contributed by atoms with Crippen LogP contribution < -0.4 is 4.57 Å². The van der Waals surface area contributed by atoms with E-state index < -0.39 is 15.5 Å². The van der Waals surface area contributed by atoms with Crippen LogP contribution in [0, 0.1) is 17.8 Å². The number of carbonyl (C=O) groups excluding carboxylic acids is 1. The van der Waals surface area contributed by atoms with Gasteiger partial charge in [-0.05, 0) is 43.4 Å². The Balaban J connectivity index is 0.000000915. The summed E-state index contributed by atoms with van der Waals surface area (Å²) in [4.78, 5) is 13.1. The number of aryl methyl sites for hydroxylation is 2. The van der Waals surface area contributed by atoms with E-state index in [4.69, 9.17) is 9.88 Å². The van der Waals surface area contributed by atoms with Gasteiger partial charge in [-0.1, -0.05) is 98.3 Å². The van der Waals surface area contributed by atoms with Crippen LogP contribution in [0.2, 0.25) is 0 Å². The first-order chi connectivity index (χ1) is 19.2. The Labute approximate surface area is 246 Å². The number of imidazole rings is 1. The predicted molar refractivity (Wildman–Crippen MR) is 157 cm³/mol. The fourth-order valence-corrected chi connectivity index (χ4v) is 5.53. The third-order valence-corrected chi connectivity index (χ3v) is 8.65. The van der Waals surface area contributed by atoms with E-state index in [0.29, 0.717) is 23.6 Å². The van der Waals surface area contributed by atoms with Gasteiger partial charge in [-0.15, -0.1) is 0 Å². The fraction of sp³-hybridized carbons (Fsp3) is 0.867. The summed E-state index contributed by atoms with van der Waals surface area (Å²) in [5, 5.41) is 5.43. The predicted octanol–water partition coefficient (Wildman–Crippen LogP) is 8.52. The highest BCUT2D eigenvalue weighted by Crippen LogP contribution is 2.35. The van der Waals surface area contributed by atoms with Crippen molar-refractivity contribution < 1.29 is 35.7 Å². The summed E-state index contributed by atoms with van der Waals surface area (Å²) < 4.78 is 60.9. The van der Waals surface area contributed by atoms with Crippen LogP contribution in [-0.4, -0.2) is 30.6 Å². The molecule has 1 aliphatic carbocycles. The van der Waals surface area contributed by atoms with E-state index in [1.807, 2.05) is 24.0 Å². The maximum atomic E-state index is 13.1. The van der Waals surface area contributed by atoms with Crippen molar-refractivity contribution in [2.75, 3.05) is 0 Å². The first-order valence-corrected chi connectivity index (χ1v) is 17.0. The first-order valence-electron chi connectivity index (χ1n) is 15.5. The van der Waals surface area contributed by atoms with Crippen molar-refractivity contribution >= 4 is 16.0 Å². The van der Waals surface area contributed by atoms with E-state index in [-0.39, 0.29) is 12.1 Å². The summed E-state index contributed by atoms with van der Waals surface area (Å²) in [6.45, 7) is 9.99. The average Bonchev–Trinajstić information content (AvgIpc) is 3.24. The molecule has 0 unspecified atom stereocenters. The highest BCUT2D eigenvalue weighted by atomic mass is 32.2. The van der Waals surface area contributed by atoms with Crippen LogP contribution in [0.15, 0.2) is 12.4 Å². The third kappa shape index (κ3) is 14.4. The van der Waals surface area contributed by atoms with Crippen molar-refractivity contribution in [2.45, 2.75) is 142 Å². The quantitative estimate of drug-likeness (QED) is 0.107. The third-order valence-electron chi connectivity index (χ3n) is 8.04. The summed E-state index contributed by atoms with van der Waals surface area (Å²) in [6.07, 6.45) is 23.7. The minimum atomic E-state index is -5.59. The average molecular weight is 610 g/mol. The summed E-state index contributed by atoms with van der Waals surface area (Å²) in [6, 6.07) is 0. The highest BCUT2D eigenvalue weighted by Gasteiger charge is 2.37. The van der Waals surface area contributed by atoms with Gasteiger partial charge in [0.25, 0.3) is 0 Å². The van der Waals surface area contributed by atoms with Gasteiger partial charge in [-0.2, -0.15) is 13.2 Å². The lowest BCUT2D eigenvalue weighted by Gasteiger charge is -2.36. The molecule has 1 heterocycles. The van der Waals surface area contributed by atoms with Gasteiger partial charge in [-0.3, -0.25) is 0 Å². The number of hydrogen-bond donors (Lipinski definition) is 0. The molecule has 0 amide bonds. The molecule has 1 N–H and O–H groups in total. The number of nitrogens with zero attached hydrogens (tertiary/aromatic N) is 2. The van der Waals surface area contributed by atoms with E-state index >= 15 is 0 Å². The van der Waals surface area contributed by atoms with Crippen molar-refractivity contribution in [1.82, 2.24) is 4.57 Å². The summed E-state index contributed by atoms with van der Waals surface area (Å²) in [5.74, 6) is 2.22. The van der Waals surface area contributed by atoms with Crippen LogP contribution >= 0.6 is 0 Å². The molecule has 7 nitrogen and oxygen atoms in total. The second kappa shape index (κ2) is 18.8. The molecule has 0 aliphatic heterocycles. The van der Waals surface area contributed by atoms with Crippen molar-refractivity contribution in [3.05, 3.63) is 23.4 Å². The zero-order chi connectivity index (χ0) is 31.1. The topological polar surface area (TPSA) is 93.0 Å². The largest absolute Gasteiger partial charge is 0.556 e. The van der Waals surface area contributed by atoms with Gasteiger partial charge < -0.3 is 9.88 Å². The molecular formula is C30H54F3N3O4S. The molecule has 1 aliphatic rings. The lowest BCUT2D eigenvalue weighted by Crippen LogP contribution is -2.41. The Hall–Kier alpha value is -1.62. The minimum Gasteiger partial charge on any atom is -0.556 e. The van der Waals surface area contributed by atoms with E-state index in [0.717, 1.165) is 19.4 Å². The number of halogens is 3. The Bertz CT molecular complexity index is 980. The monoisotopic (exact) mass is 609 g/mol. The van der Waals surface area contributed by atoms with Crippen molar-refractivity contribution in [3.8, 4) is 0 Å². The van der Waals surface area contributed by atoms with Crippen LogP contribution in [0.5, 0.6) is 0 Å². The molecule has 0 radical (unpaired) electrons. The lowest BCUT2D eigenvalue weighted by atomic mass is 9.75. The van der Waals surface area contributed by atoms with Gasteiger partial charge >= 0.3 is 17.3 Å². The van der Waals surface area contributed by atoms with E-state index in [1.54, 1.807) is 0 Å². The summed E-state index contributed by atoms with van der Waals surface area (Å²) in [7, 11) is -3.63. The van der Waals surface area contributed by atoms with Crippen LogP contribution in [0.1, 0.15) is 135 Å². The van der Waals surface area contributed by atoms with E-state index in [2.05, 4.69) is 32.3 Å². The zero-order valence-corrected chi connectivity index (χ0v) is 26.7. The molecule has 1 saturated carbocycles. The molecule has 0 spiro atoms. The van der Waals surface area contributed by atoms with Gasteiger partial charge in [0, 0.05) is 0 Å². The zero-order valence-electron chi connectivity index (χ0n) is 25.8. The first kappa shape index (κ1) is 37.4. The molecular weight excluding hydrogens is 555 g/mol. The normalized spacial score (nSPS) is 19.6. The molecule has 0 aromatic carbocycles. The maximum Gasteiger partial charge on any atom is 0.479 e. The van der Waals surface area contributed by atoms with Gasteiger partial charge in [0.1, 0.15) is 18.5 Å². The number of hydrogen-bond acceptors (Lipinski definition) is 4. The number of nitrogens with one attached hydrogen (secondary N) is 1. The number of esters is 1. The number of carbonyl (C=O) groups is 1. The second-order valence-electron chi connectivity index (χ2n) is 12.0. The Morgan fingerprint density at radius 1 is 1.02 bits per heavy atom. The number of sulfonamides is 1. The molecule has 2 rings (SSSR count). The van der Waals surface area contributed by atoms with E-state index in [9.17, 15) is 26.4 Å². The molecule has 0 saturated heterocycles. The molecule has 1 aromatic rings. The highest BCUT2D eigenvalue weighted by molar-refractivity contribution is 7.93. The van der Waals surface area contributed by atoms with E-state index in [1.165, 1.54) is 83.5 Å². The lowest BCUT2D eigenvalue weighted by molar-refractivity contribution is -0.673. The molecule has 0 bridgehead atoms. The Morgan fingerprint density at radius 3 is 1.98 bits per heavy atom. The molecule has 3 atom stereocenters. The molecule has 11 heteroatoms. The SMILES string of the molecule is CCCCCCCCCCCCCCn1cc[n+](C)c1C(=O)O[C@H]1C[C@@H](C)CC[C@@H]1C(C)C.[NH-]S(=O)(=O)C(F)(F)F. The molecule has 41 heavy (non-hydrogen) atoms. The second-order valence-corrected chi connectivity index (χ2v) is 13.5. The van der Waals surface area contributed by atoms with Crippen LogP contribution in [0.3, 0.4) is 0 Å². The van der Waals surface area contributed by atoms with Gasteiger partial charge in [0.2, 0.25) is 0 Å². The van der Waals surface area contributed by atoms with Gasteiger partial charge in [0.05, 0.1) is 13.6 Å². The molecule has 1 aromatic heterocycles. The number of rotatable bonds is 16. The molecule has 1 fully saturated rings. The van der Waals surface area contributed by atoms with Crippen LogP contribution in [-0.2, 0) is 28.4 Å². The van der Waals surface area contributed by atoms with Gasteiger partial charge in [0.15, 0.2) is 10.0 Å². The number of unbranched alkanes of at least 4 members (excludes halogenated alkanes) is 11. The fourth-order valence-electron chi connectivity index (χ4n) is 5.53. The molecule has 240 valence electrons. The smallest absolute Gasteiger partial charge is 0.479 e. The maximum absolute atomic E-state index is 13.1. The number of aromatic nitrogens is 2. The van der Waals surface area contributed by atoms with Crippen molar-refractivity contribution in [3.63, 3.8) is 0 Å². The number of alkyl halides is 3. The van der Waals surface area contributed by atoms with Gasteiger partial charge in [-0.25, -0.2) is 22.3 Å². The van der Waals surface area contributed by atoms with Crippen molar-refractivity contribution in [2.24, 2.45) is 24.8 Å². The van der Waals surface area contributed by atoms with Crippen LogP contribution in [0.25, 0.3) is 5.14 Å². The Kier molecular flexibility index (Phi) is 17.2. The summed E-state index contributed by atoms with van der Waals surface area (Å²) in [5.41, 5.74) is -5.42. The standard InChI is InChI=1S/C29H53N2O2.CHF3NO2S/c1-6-7-8-9-10-11-12-13-14-15-16-17-20-31-22-21-30(5)28(31)29(32)33-27-23-25(4)18-19-26(27)24(2)3;2-1(3,4)8(5,6)7/h21-22,24-27H,6-20,23H2,1-5H3;(H-,5,6,7)/q+1;-1/t25-,26+,27-;/m0./s1. The van der Waals surface area contributed by atoms with Crippen LogP contribution in [0.4, 0.5) is 13.2 Å². The van der Waals surface area contributed by atoms with Crippen molar-refractivity contribution in [1.29, 1.82) is 0 Å².